The number of alkyl halides is 3. The first-order chi connectivity index (χ1) is 11.8. The topological polar surface area (TPSA) is 72.5 Å². The summed E-state index contributed by atoms with van der Waals surface area (Å²) < 4.78 is 40.0. The lowest BCUT2D eigenvalue weighted by Crippen LogP contribution is -2.33. The Morgan fingerprint density at radius 3 is 2.38 bits per heavy atom. The van der Waals surface area contributed by atoms with Gasteiger partial charge >= 0.3 is 6.36 Å². The molecule has 10 heteroatoms. The predicted molar refractivity (Wildman–Crippen MR) is 105 cm³/mol. The molecule has 142 valence electrons. The molecule has 0 aliphatic rings. The van der Waals surface area contributed by atoms with Crippen molar-refractivity contribution in [3.63, 3.8) is 0 Å². The summed E-state index contributed by atoms with van der Waals surface area (Å²) in [6.45, 7) is 0.810. The highest BCUT2D eigenvalue weighted by molar-refractivity contribution is 14.0. The summed E-state index contributed by atoms with van der Waals surface area (Å²) in [7, 11) is 0. The van der Waals surface area contributed by atoms with Gasteiger partial charge in [0.15, 0.2) is 5.96 Å². The number of aromatic nitrogens is 1. The molecule has 0 unspecified atom stereocenters. The fourth-order valence-corrected chi connectivity index (χ4v) is 2.03. The van der Waals surface area contributed by atoms with Crippen LogP contribution in [0.3, 0.4) is 0 Å². The maximum Gasteiger partial charge on any atom is 0.573 e. The fraction of sp³-hybridized carbons (Fsp3) is 0.250. The van der Waals surface area contributed by atoms with Crippen molar-refractivity contribution in [2.45, 2.75) is 19.3 Å². The first-order valence-corrected chi connectivity index (χ1v) is 7.68. The van der Waals surface area contributed by atoms with Crippen molar-refractivity contribution in [1.29, 1.82) is 0 Å². The lowest BCUT2D eigenvalue weighted by atomic mass is 10.2. The summed E-state index contributed by atoms with van der Waals surface area (Å²) >= 11 is 5.71. The van der Waals surface area contributed by atoms with Crippen molar-refractivity contribution in [2.75, 3.05) is 6.54 Å². The van der Waals surface area contributed by atoms with E-state index in [1.807, 2.05) is 6.07 Å². The quantitative estimate of drug-likeness (QED) is 0.273. The average Bonchev–Trinajstić information content (AvgIpc) is 2.55. The van der Waals surface area contributed by atoms with Crippen LogP contribution in [0.4, 0.5) is 13.2 Å². The molecule has 1 heterocycles. The predicted octanol–water partition coefficient (Wildman–Crippen LogP) is 3.90. The Morgan fingerprint density at radius 1 is 1.15 bits per heavy atom. The molecule has 26 heavy (non-hydrogen) atoms. The minimum atomic E-state index is -4.70. The minimum absolute atomic E-state index is 0. The Kier molecular flexibility index (Phi) is 8.93. The second-order valence-electron chi connectivity index (χ2n) is 5.06. The number of nitrogens with one attached hydrogen (secondary N) is 1. The molecule has 0 amide bonds. The highest BCUT2D eigenvalue weighted by Crippen LogP contribution is 2.22. The van der Waals surface area contributed by atoms with Crippen LogP contribution in [-0.2, 0) is 13.0 Å². The molecule has 0 saturated heterocycles. The maximum atomic E-state index is 12.1. The van der Waals surface area contributed by atoms with Crippen molar-refractivity contribution < 1.29 is 17.9 Å². The van der Waals surface area contributed by atoms with Crippen LogP contribution in [0, 0.1) is 0 Å². The molecular weight excluding hydrogens is 484 g/mol. The van der Waals surface area contributed by atoms with E-state index in [0.29, 0.717) is 23.7 Å². The largest absolute Gasteiger partial charge is 0.573 e. The molecule has 0 atom stereocenters. The highest BCUT2D eigenvalue weighted by atomic mass is 127. The number of benzene rings is 1. The van der Waals surface area contributed by atoms with Crippen LogP contribution in [0.1, 0.15) is 11.1 Å². The van der Waals surface area contributed by atoms with Crippen LogP contribution < -0.4 is 15.8 Å². The number of pyridine rings is 1. The summed E-state index contributed by atoms with van der Waals surface area (Å²) in [4.78, 5) is 8.11. The lowest BCUT2D eigenvalue weighted by Gasteiger charge is -2.09. The minimum Gasteiger partial charge on any atom is -0.406 e. The normalized spacial score (nSPS) is 11.6. The number of rotatable bonds is 6. The van der Waals surface area contributed by atoms with Gasteiger partial charge in [0.25, 0.3) is 0 Å². The number of nitrogens with zero attached hydrogens (tertiary/aromatic N) is 2. The molecule has 0 radical (unpaired) electrons. The van der Waals surface area contributed by atoms with Crippen molar-refractivity contribution >= 4 is 41.5 Å². The smallest absolute Gasteiger partial charge is 0.406 e. The third-order valence-electron chi connectivity index (χ3n) is 3.10. The van der Waals surface area contributed by atoms with Gasteiger partial charge in [-0.1, -0.05) is 29.8 Å². The number of ether oxygens (including phenoxy) is 1. The SMILES string of the molecule is I.NC(=NCc1ccc(OC(F)(F)F)cc1)NCCc1ccc(Cl)nc1. The molecule has 0 spiro atoms. The van der Waals surface area contributed by atoms with Gasteiger partial charge in [-0.25, -0.2) is 9.98 Å². The fourth-order valence-electron chi connectivity index (χ4n) is 1.92. The van der Waals surface area contributed by atoms with Crippen LogP contribution in [0.15, 0.2) is 47.6 Å². The van der Waals surface area contributed by atoms with E-state index in [4.69, 9.17) is 17.3 Å². The molecule has 2 rings (SSSR count). The molecule has 1 aromatic heterocycles. The molecule has 0 aliphatic carbocycles. The molecule has 3 N–H and O–H groups in total. The summed E-state index contributed by atoms with van der Waals surface area (Å²) in [5.41, 5.74) is 7.47. The number of hydrogen-bond acceptors (Lipinski definition) is 3. The van der Waals surface area contributed by atoms with Gasteiger partial charge in [-0.15, -0.1) is 37.1 Å². The van der Waals surface area contributed by atoms with Crippen molar-refractivity contribution in [3.05, 3.63) is 58.9 Å². The van der Waals surface area contributed by atoms with E-state index in [9.17, 15) is 13.2 Å². The Labute approximate surface area is 170 Å². The lowest BCUT2D eigenvalue weighted by molar-refractivity contribution is -0.274. The van der Waals surface area contributed by atoms with Crippen LogP contribution in [0.5, 0.6) is 5.75 Å². The van der Waals surface area contributed by atoms with Crippen LogP contribution in [0.2, 0.25) is 5.15 Å². The van der Waals surface area contributed by atoms with E-state index < -0.39 is 6.36 Å². The van der Waals surface area contributed by atoms with Gasteiger partial charge in [-0.2, -0.15) is 0 Å². The summed E-state index contributed by atoms with van der Waals surface area (Å²) in [5, 5.41) is 3.39. The van der Waals surface area contributed by atoms with Crippen molar-refractivity contribution in [2.24, 2.45) is 10.7 Å². The maximum absolute atomic E-state index is 12.1. The van der Waals surface area contributed by atoms with Crippen molar-refractivity contribution in [3.8, 4) is 5.75 Å². The summed E-state index contributed by atoms with van der Waals surface area (Å²) in [6, 6.07) is 9.04. The molecular formula is C16H17ClF3IN4O. The standard InChI is InChI=1S/C16H16ClF3N4O.HI/c17-14-6-3-12(9-23-14)7-8-22-15(21)24-10-11-1-4-13(5-2-11)25-16(18,19)20;/h1-6,9H,7-8,10H2,(H3,21,22,24);1H. The summed E-state index contributed by atoms with van der Waals surface area (Å²) in [6.07, 6.45) is -2.32. The Balaban J connectivity index is 0.00000338. The summed E-state index contributed by atoms with van der Waals surface area (Å²) in [5.74, 6) is -0.0274. The van der Waals surface area contributed by atoms with Gasteiger partial charge in [0.2, 0.25) is 0 Å². The number of aliphatic imine (C=N–C) groups is 1. The third-order valence-corrected chi connectivity index (χ3v) is 3.32. The van der Waals surface area contributed by atoms with E-state index >= 15 is 0 Å². The van der Waals surface area contributed by atoms with Crippen LogP contribution in [0.25, 0.3) is 0 Å². The molecule has 0 fully saturated rings. The molecule has 0 bridgehead atoms. The van der Waals surface area contributed by atoms with Crippen LogP contribution in [-0.4, -0.2) is 23.9 Å². The second kappa shape index (κ2) is 10.4. The van der Waals surface area contributed by atoms with Gasteiger partial charge in [-0.05, 0) is 35.7 Å². The van der Waals surface area contributed by atoms with E-state index in [1.54, 1.807) is 12.3 Å². The average molecular weight is 501 g/mol. The van der Waals surface area contributed by atoms with Crippen molar-refractivity contribution in [1.82, 2.24) is 10.3 Å². The van der Waals surface area contributed by atoms with Gasteiger partial charge < -0.3 is 15.8 Å². The molecule has 0 saturated carbocycles. The zero-order valence-corrected chi connectivity index (χ0v) is 16.5. The molecule has 0 aliphatic heterocycles. The second-order valence-corrected chi connectivity index (χ2v) is 5.45. The first-order valence-electron chi connectivity index (χ1n) is 7.31. The Hall–Kier alpha value is -1.75. The first kappa shape index (κ1) is 22.3. The van der Waals surface area contributed by atoms with Gasteiger partial charge in [0.1, 0.15) is 10.9 Å². The van der Waals surface area contributed by atoms with E-state index in [-0.39, 0.29) is 42.2 Å². The van der Waals surface area contributed by atoms with Gasteiger partial charge in [0, 0.05) is 12.7 Å². The molecule has 5 nitrogen and oxygen atoms in total. The number of guanidine groups is 1. The Morgan fingerprint density at radius 2 is 1.81 bits per heavy atom. The zero-order valence-electron chi connectivity index (χ0n) is 13.5. The zero-order chi connectivity index (χ0) is 18.3. The highest BCUT2D eigenvalue weighted by Gasteiger charge is 2.30. The molecule has 2 aromatic rings. The Bertz CT molecular complexity index is 709. The van der Waals surface area contributed by atoms with Gasteiger partial charge in [0.05, 0.1) is 6.54 Å². The number of hydrogen-bond donors (Lipinski definition) is 2. The monoisotopic (exact) mass is 500 g/mol. The van der Waals surface area contributed by atoms with E-state index in [1.165, 1.54) is 24.3 Å². The number of nitrogens with two attached hydrogens (primary N) is 1. The van der Waals surface area contributed by atoms with E-state index in [2.05, 4.69) is 20.0 Å². The van der Waals surface area contributed by atoms with E-state index in [0.717, 1.165) is 5.56 Å². The molecule has 1 aromatic carbocycles. The third kappa shape index (κ3) is 8.56. The van der Waals surface area contributed by atoms with Crippen LogP contribution >= 0.6 is 35.6 Å². The number of halogens is 5. The van der Waals surface area contributed by atoms with Gasteiger partial charge in [-0.3, -0.25) is 0 Å².